The molecule has 2 aromatic heterocycles. The molecule has 0 N–H and O–H groups in total. The molecule has 0 radical (unpaired) electrons. The molecule has 214 valence electrons. The van der Waals surface area contributed by atoms with Gasteiger partial charge >= 0.3 is 0 Å². The van der Waals surface area contributed by atoms with Crippen LogP contribution in [0.3, 0.4) is 0 Å². The van der Waals surface area contributed by atoms with Gasteiger partial charge in [-0.3, -0.25) is 0 Å². The second kappa shape index (κ2) is 8.56. The minimum absolute atomic E-state index is 0.588. The fourth-order valence-corrected chi connectivity index (χ4v) is 8.64. The van der Waals surface area contributed by atoms with E-state index in [-0.39, 0.29) is 0 Å². The number of hydrogen-bond donors (Lipinski definition) is 0. The Morgan fingerprint density at radius 2 is 1.02 bits per heavy atom. The first-order chi connectivity index (χ1) is 22.8. The van der Waals surface area contributed by atoms with Crippen LogP contribution in [0.5, 0.6) is 11.5 Å². The lowest BCUT2D eigenvalue weighted by molar-refractivity contribution is 0.435. The third kappa shape index (κ3) is 2.80. The lowest BCUT2D eigenvalue weighted by Gasteiger charge is -2.45. The molecule has 1 atom stereocenters. The number of ether oxygens (including phenoxy) is 1. The molecule has 2 aliphatic heterocycles. The summed E-state index contributed by atoms with van der Waals surface area (Å²) >= 11 is 0. The van der Waals surface area contributed by atoms with Gasteiger partial charge in [-0.05, 0) is 53.6 Å². The highest BCUT2D eigenvalue weighted by Crippen LogP contribution is 2.61. The van der Waals surface area contributed by atoms with Gasteiger partial charge in [-0.1, -0.05) is 109 Å². The minimum Gasteiger partial charge on any atom is -0.457 e. The molecule has 3 heteroatoms. The van der Waals surface area contributed by atoms with Crippen molar-refractivity contribution in [1.29, 1.82) is 0 Å². The normalized spacial score (nSPS) is 16.1. The zero-order chi connectivity index (χ0) is 30.0. The van der Waals surface area contributed by atoms with E-state index in [9.17, 15) is 0 Å². The number of nitrogens with zero attached hydrogens (tertiary/aromatic N) is 2. The smallest absolute Gasteiger partial charge is 0.134 e. The predicted octanol–water partition coefficient (Wildman–Crippen LogP) is 10.7. The fourth-order valence-electron chi connectivity index (χ4n) is 8.64. The first kappa shape index (κ1) is 24.3. The number of para-hydroxylation sites is 6. The monoisotopic (exact) mass is 586 g/mol. The van der Waals surface area contributed by atoms with Gasteiger partial charge in [0.1, 0.15) is 11.5 Å². The van der Waals surface area contributed by atoms with Gasteiger partial charge in [0.2, 0.25) is 0 Å². The van der Waals surface area contributed by atoms with E-state index in [1.165, 1.54) is 66.0 Å². The number of benzene rings is 7. The van der Waals surface area contributed by atoms with Gasteiger partial charge in [0.15, 0.2) is 0 Å². The molecule has 0 saturated carbocycles. The average molecular weight is 587 g/mol. The van der Waals surface area contributed by atoms with Crippen LogP contribution in [-0.4, -0.2) is 9.13 Å². The summed E-state index contributed by atoms with van der Waals surface area (Å²) in [4.78, 5) is 0. The number of fused-ring (bicyclic) bond motifs is 14. The van der Waals surface area contributed by atoms with Gasteiger partial charge in [-0.15, -0.1) is 0 Å². The Bertz CT molecular complexity index is 2730. The van der Waals surface area contributed by atoms with Crippen LogP contribution in [0.25, 0.3) is 55.0 Å². The molecular weight excluding hydrogens is 560 g/mol. The van der Waals surface area contributed by atoms with Crippen LogP contribution >= 0.6 is 0 Å². The van der Waals surface area contributed by atoms with Crippen LogP contribution in [-0.2, 0) is 5.41 Å². The lowest BCUT2D eigenvalue weighted by Crippen LogP contribution is -2.37. The molecule has 1 spiro atoms. The Labute approximate surface area is 265 Å². The Kier molecular flexibility index (Phi) is 4.52. The highest BCUT2D eigenvalue weighted by Gasteiger charge is 2.50. The molecule has 0 amide bonds. The van der Waals surface area contributed by atoms with Crippen LogP contribution in [0.15, 0.2) is 158 Å². The molecule has 46 heavy (non-hydrogen) atoms. The SMILES string of the molecule is c1ccc(-n2c3ccccc3c3cc4c(cc32)Oc2ccccc2C42c3ccccc3-n3c4ccccc4c4cccc2c43)cc1. The van der Waals surface area contributed by atoms with Gasteiger partial charge < -0.3 is 13.9 Å². The highest BCUT2D eigenvalue weighted by atomic mass is 16.5. The van der Waals surface area contributed by atoms with Crippen molar-refractivity contribution in [2.24, 2.45) is 0 Å². The topological polar surface area (TPSA) is 19.1 Å². The highest BCUT2D eigenvalue weighted by molar-refractivity contribution is 6.13. The van der Waals surface area contributed by atoms with Crippen molar-refractivity contribution in [3.8, 4) is 22.9 Å². The maximum Gasteiger partial charge on any atom is 0.134 e. The molecule has 0 fully saturated rings. The standard InChI is InChI=1S/C43H26N2O/c1-2-13-27(14-3-1)44-36-21-8-5-16-29(36)31-25-35-41(26-39(31)44)46-40-24-11-7-19-33(40)43(35)32-18-6-10-23-38(32)45-37-22-9-4-15-28(37)30-17-12-20-34(43)42(30)45/h1-26H. The zero-order valence-corrected chi connectivity index (χ0v) is 24.8. The van der Waals surface area contributed by atoms with Crippen molar-refractivity contribution >= 4 is 43.6 Å². The zero-order valence-electron chi connectivity index (χ0n) is 24.8. The molecule has 3 nitrogen and oxygen atoms in total. The fraction of sp³-hybridized carbons (Fsp3) is 0.0233. The number of rotatable bonds is 1. The van der Waals surface area contributed by atoms with E-state index in [1.807, 2.05) is 0 Å². The number of hydrogen-bond acceptors (Lipinski definition) is 1. The van der Waals surface area contributed by atoms with E-state index >= 15 is 0 Å². The Morgan fingerprint density at radius 3 is 1.87 bits per heavy atom. The Balaban J connectivity index is 1.37. The van der Waals surface area contributed by atoms with Crippen molar-refractivity contribution in [2.75, 3.05) is 0 Å². The van der Waals surface area contributed by atoms with Crippen LogP contribution in [0.4, 0.5) is 0 Å². The first-order valence-electron chi connectivity index (χ1n) is 15.9. The van der Waals surface area contributed by atoms with Gasteiger partial charge in [-0.2, -0.15) is 0 Å². The molecule has 4 heterocycles. The molecule has 1 unspecified atom stereocenters. The van der Waals surface area contributed by atoms with E-state index in [1.54, 1.807) is 0 Å². The van der Waals surface area contributed by atoms with Crippen LogP contribution in [0.2, 0.25) is 0 Å². The Hall–Kier alpha value is -6.06. The van der Waals surface area contributed by atoms with Gasteiger partial charge in [0.05, 0.1) is 33.2 Å². The van der Waals surface area contributed by atoms with Crippen LogP contribution < -0.4 is 4.74 Å². The minimum atomic E-state index is -0.588. The van der Waals surface area contributed by atoms with Crippen LogP contribution in [0, 0.1) is 0 Å². The molecule has 2 aliphatic rings. The average Bonchev–Trinajstić information content (AvgIpc) is 3.63. The van der Waals surface area contributed by atoms with Gasteiger partial charge in [0, 0.05) is 44.4 Å². The summed E-state index contributed by atoms with van der Waals surface area (Å²) in [6.45, 7) is 0. The summed E-state index contributed by atoms with van der Waals surface area (Å²) in [5.41, 5.74) is 11.5. The predicted molar refractivity (Wildman–Crippen MR) is 187 cm³/mol. The number of aromatic nitrogens is 2. The molecular formula is C43H26N2O. The third-order valence-corrected chi connectivity index (χ3v) is 10.4. The van der Waals surface area contributed by atoms with Crippen molar-refractivity contribution in [2.45, 2.75) is 5.41 Å². The maximum atomic E-state index is 6.94. The van der Waals surface area contributed by atoms with E-state index < -0.39 is 5.41 Å². The first-order valence-corrected chi connectivity index (χ1v) is 15.9. The third-order valence-electron chi connectivity index (χ3n) is 10.4. The summed E-state index contributed by atoms with van der Waals surface area (Å²) < 4.78 is 11.8. The summed E-state index contributed by atoms with van der Waals surface area (Å²) in [7, 11) is 0. The van der Waals surface area contributed by atoms with Gasteiger partial charge in [0.25, 0.3) is 0 Å². The molecule has 0 aliphatic carbocycles. The molecule has 11 rings (SSSR count). The van der Waals surface area contributed by atoms with Crippen molar-refractivity contribution in [3.63, 3.8) is 0 Å². The molecule has 0 bridgehead atoms. The lowest BCUT2D eigenvalue weighted by atomic mass is 9.61. The van der Waals surface area contributed by atoms with E-state index in [0.29, 0.717) is 0 Å². The summed E-state index contributed by atoms with van der Waals surface area (Å²) in [5, 5.41) is 4.99. The largest absolute Gasteiger partial charge is 0.457 e. The van der Waals surface area contributed by atoms with Gasteiger partial charge in [-0.25, -0.2) is 0 Å². The van der Waals surface area contributed by atoms with Crippen LogP contribution in [0.1, 0.15) is 22.3 Å². The molecule has 7 aromatic carbocycles. The second-order valence-electron chi connectivity index (χ2n) is 12.5. The Morgan fingerprint density at radius 1 is 0.391 bits per heavy atom. The van der Waals surface area contributed by atoms with E-state index in [0.717, 1.165) is 22.7 Å². The quantitative estimate of drug-likeness (QED) is 0.187. The summed E-state index contributed by atoms with van der Waals surface area (Å²) in [6.07, 6.45) is 0. The summed E-state index contributed by atoms with van der Waals surface area (Å²) in [6, 6.07) is 57.4. The summed E-state index contributed by atoms with van der Waals surface area (Å²) in [5.74, 6) is 1.79. The molecule has 0 saturated heterocycles. The maximum absolute atomic E-state index is 6.94. The van der Waals surface area contributed by atoms with E-state index in [2.05, 4.69) is 167 Å². The van der Waals surface area contributed by atoms with Crippen molar-refractivity contribution < 1.29 is 4.74 Å². The van der Waals surface area contributed by atoms with E-state index in [4.69, 9.17) is 4.74 Å². The van der Waals surface area contributed by atoms with Crippen molar-refractivity contribution in [1.82, 2.24) is 9.13 Å². The molecule has 9 aromatic rings. The van der Waals surface area contributed by atoms with Crippen molar-refractivity contribution in [3.05, 3.63) is 180 Å². The second-order valence-corrected chi connectivity index (χ2v) is 12.5.